The predicted molar refractivity (Wildman–Crippen MR) is 154 cm³/mol. The standard InChI is InChI=1S/C29H32BrN7O2/c30-24-18-33-37-27(32-17-22-10-11-26(31-16-22)35-12-4-5-13-35)15-25(34-28(24)37)23-9-6-14-36(19-23)29(38)39-20-21-7-2-1-3-8-21/h1-3,7-8,10-11,15-16,18,23,32H,4-6,9,12-14,17,19-20H2. The topological polar surface area (TPSA) is 87.9 Å². The number of aromatic nitrogens is 4. The van der Waals surface area contributed by atoms with Crippen LogP contribution in [-0.4, -0.2) is 56.8 Å². The van der Waals surface area contributed by atoms with Gasteiger partial charge in [0.05, 0.1) is 16.4 Å². The first-order valence-corrected chi connectivity index (χ1v) is 14.4. The molecule has 9 nitrogen and oxygen atoms in total. The lowest BCUT2D eigenvalue weighted by Gasteiger charge is -2.32. The summed E-state index contributed by atoms with van der Waals surface area (Å²) in [7, 11) is 0. The molecule has 202 valence electrons. The van der Waals surface area contributed by atoms with Crippen LogP contribution in [0.25, 0.3) is 5.65 Å². The van der Waals surface area contributed by atoms with Gasteiger partial charge < -0.3 is 19.9 Å². The number of amides is 1. The molecule has 1 aromatic carbocycles. The molecule has 2 saturated heterocycles. The van der Waals surface area contributed by atoms with Gasteiger partial charge in [0.1, 0.15) is 18.2 Å². The Labute approximate surface area is 236 Å². The third-order valence-electron chi connectivity index (χ3n) is 7.46. The Balaban J connectivity index is 1.15. The molecule has 6 rings (SSSR count). The number of benzene rings is 1. The number of carbonyl (C=O) groups is 1. The summed E-state index contributed by atoms with van der Waals surface area (Å²) in [4.78, 5) is 26.6. The zero-order chi connectivity index (χ0) is 26.6. The van der Waals surface area contributed by atoms with Crippen molar-refractivity contribution in [3.05, 3.63) is 82.2 Å². The predicted octanol–water partition coefficient (Wildman–Crippen LogP) is 5.62. The van der Waals surface area contributed by atoms with Gasteiger partial charge >= 0.3 is 6.09 Å². The third-order valence-corrected chi connectivity index (χ3v) is 8.02. The molecule has 39 heavy (non-hydrogen) atoms. The zero-order valence-corrected chi connectivity index (χ0v) is 23.4. The van der Waals surface area contributed by atoms with Crippen LogP contribution in [-0.2, 0) is 17.9 Å². The zero-order valence-electron chi connectivity index (χ0n) is 21.8. The van der Waals surface area contributed by atoms with E-state index in [1.54, 1.807) is 11.1 Å². The molecule has 10 heteroatoms. The highest BCUT2D eigenvalue weighted by Crippen LogP contribution is 2.30. The summed E-state index contributed by atoms with van der Waals surface area (Å²) in [5, 5.41) is 8.06. The Morgan fingerprint density at radius 1 is 1.03 bits per heavy atom. The summed E-state index contributed by atoms with van der Waals surface area (Å²) in [6, 6.07) is 16.1. The van der Waals surface area contributed by atoms with E-state index in [4.69, 9.17) is 9.72 Å². The van der Waals surface area contributed by atoms with Crippen molar-refractivity contribution in [1.82, 2.24) is 24.5 Å². The molecule has 5 heterocycles. The molecule has 2 aliphatic rings. The number of piperidine rings is 1. The van der Waals surface area contributed by atoms with Gasteiger partial charge in [-0.15, -0.1) is 0 Å². The van der Waals surface area contributed by atoms with Crippen LogP contribution >= 0.6 is 15.9 Å². The maximum absolute atomic E-state index is 12.8. The van der Waals surface area contributed by atoms with E-state index in [0.717, 1.165) is 64.5 Å². The molecule has 4 aromatic rings. The number of hydrogen-bond acceptors (Lipinski definition) is 7. The van der Waals surface area contributed by atoms with Crippen LogP contribution in [0.4, 0.5) is 16.4 Å². The number of rotatable bonds is 7. The molecule has 0 radical (unpaired) electrons. The lowest BCUT2D eigenvalue weighted by molar-refractivity contribution is 0.0856. The summed E-state index contributed by atoms with van der Waals surface area (Å²) >= 11 is 3.60. The molecule has 1 unspecified atom stereocenters. The van der Waals surface area contributed by atoms with E-state index in [1.807, 2.05) is 41.0 Å². The van der Waals surface area contributed by atoms with Gasteiger partial charge in [-0.05, 0) is 58.8 Å². The van der Waals surface area contributed by atoms with Crippen LogP contribution < -0.4 is 10.2 Å². The number of hydrogen-bond donors (Lipinski definition) is 1. The van der Waals surface area contributed by atoms with Gasteiger partial charge in [0.15, 0.2) is 5.65 Å². The highest BCUT2D eigenvalue weighted by molar-refractivity contribution is 9.10. The van der Waals surface area contributed by atoms with Gasteiger partial charge in [-0.25, -0.2) is 14.8 Å². The van der Waals surface area contributed by atoms with E-state index in [2.05, 4.69) is 54.4 Å². The van der Waals surface area contributed by atoms with E-state index in [9.17, 15) is 4.79 Å². The van der Waals surface area contributed by atoms with Gasteiger partial charge in [-0.1, -0.05) is 36.4 Å². The van der Waals surface area contributed by atoms with E-state index < -0.39 is 0 Å². The van der Waals surface area contributed by atoms with E-state index in [-0.39, 0.29) is 18.6 Å². The van der Waals surface area contributed by atoms with Gasteiger partial charge in [0.2, 0.25) is 0 Å². The van der Waals surface area contributed by atoms with E-state index >= 15 is 0 Å². The summed E-state index contributed by atoms with van der Waals surface area (Å²) in [6.45, 7) is 4.32. The number of anilines is 2. The van der Waals surface area contributed by atoms with Crippen molar-refractivity contribution >= 4 is 39.3 Å². The molecule has 2 aliphatic heterocycles. The average molecular weight is 591 g/mol. The Hall–Kier alpha value is -3.66. The van der Waals surface area contributed by atoms with Crippen molar-refractivity contribution in [3.8, 4) is 0 Å². The summed E-state index contributed by atoms with van der Waals surface area (Å²) in [5.41, 5.74) is 3.77. The largest absolute Gasteiger partial charge is 0.445 e. The Morgan fingerprint density at radius 2 is 1.87 bits per heavy atom. The van der Waals surface area contributed by atoms with E-state index in [0.29, 0.717) is 19.6 Å². The van der Waals surface area contributed by atoms with Crippen molar-refractivity contribution < 1.29 is 9.53 Å². The Bertz CT molecular complexity index is 1420. The number of pyridine rings is 1. The van der Waals surface area contributed by atoms with Gasteiger partial charge in [-0.3, -0.25) is 0 Å². The molecule has 1 atom stereocenters. The lowest BCUT2D eigenvalue weighted by atomic mass is 9.94. The fourth-order valence-electron chi connectivity index (χ4n) is 5.33. The molecule has 0 saturated carbocycles. The number of ether oxygens (including phenoxy) is 1. The maximum atomic E-state index is 12.8. The molecule has 2 fully saturated rings. The second kappa shape index (κ2) is 11.6. The van der Waals surface area contributed by atoms with E-state index in [1.165, 1.54) is 12.8 Å². The molecule has 3 aromatic heterocycles. The molecular formula is C29H32BrN7O2. The van der Waals surface area contributed by atoms with Crippen molar-refractivity contribution in [3.63, 3.8) is 0 Å². The first-order chi connectivity index (χ1) is 19.1. The molecule has 0 bridgehead atoms. The first kappa shape index (κ1) is 25.6. The fraction of sp³-hybridized carbons (Fsp3) is 0.379. The van der Waals surface area contributed by atoms with Crippen molar-refractivity contribution in [2.45, 2.75) is 44.8 Å². The molecule has 1 N–H and O–H groups in total. The Morgan fingerprint density at radius 3 is 2.67 bits per heavy atom. The van der Waals surface area contributed by atoms with Crippen molar-refractivity contribution in [2.24, 2.45) is 0 Å². The van der Waals surface area contributed by atoms with Crippen molar-refractivity contribution in [2.75, 3.05) is 36.4 Å². The van der Waals surface area contributed by atoms with Crippen LogP contribution in [0.15, 0.2) is 65.4 Å². The number of carbonyl (C=O) groups excluding carboxylic acids is 1. The molecule has 0 spiro atoms. The number of nitrogens with zero attached hydrogens (tertiary/aromatic N) is 6. The number of nitrogens with one attached hydrogen (secondary N) is 1. The fourth-order valence-corrected chi connectivity index (χ4v) is 5.68. The number of halogens is 1. The SMILES string of the molecule is O=C(OCc1ccccc1)N1CCCC(c2cc(NCc3ccc(N4CCCC4)nc3)n3ncc(Br)c3n2)C1. The monoisotopic (exact) mass is 589 g/mol. The second-order valence-corrected chi connectivity index (χ2v) is 11.0. The van der Waals surface area contributed by atoms with Crippen LogP contribution in [0.5, 0.6) is 0 Å². The number of fused-ring (bicyclic) bond motifs is 1. The van der Waals surface area contributed by atoms with Crippen LogP contribution in [0, 0.1) is 0 Å². The maximum Gasteiger partial charge on any atom is 0.410 e. The van der Waals surface area contributed by atoms with Crippen LogP contribution in [0.2, 0.25) is 0 Å². The first-order valence-electron chi connectivity index (χ1n) is 13.6. The number of likely N-dealkylation sites (tertiary alicyclic amines) is 1. The van der Waals surface area contributed by atoms with Crippen LogP contribution in [0.1, 0.15) is 48.4 Å². The normalized spacial score (nSPS) is 17.5. The van der Waals surface area contributed by atoms with Gasteiger partial charge in [0, 0.05) is 50.9 Å². The minimum absolute atomic E-state index is 0.108. The second-order valence-electron chi connectivity index (χ2n) is 10.2. The lowest BCUT2D eigenvalue weighted by Crippen LogP contribution is -2.39. The molecule has 0 aliphatic carbocycles. The molecular weight excluding hydrogens is 558 g/mol. The third kappa shape index (κ3) is 5.85. The van der Waals surface area contributed by atoms with Crippen LogP contribution in [0.3, 0.4) is 0 Å². The minimum atomic E-state index is -0.279. The highest BCUT2D eigenvalue weighted by Gasteiger charge is 2.28. The minimum Gasteiger partial charge on any atom is -0.445 e. The van der Waals surface area contributed by atoms with Crippen molar-refractivity contribution in [1.29, 1.82) is 0 Å². The molecule has 1 amide bonds. The Kier molecular flexibility index (Phi) is 7.62. The summed E-state index contributed by atoms with van der Waals surface area (Å²) in [6.07, 6.45) is 7.75. The highest BCUT2D eigenvalue weighted by atomic mass is 79.9. The summed E-state index contributed by atoms with van der Waals surface area (Å²) in [5.74, 6) is 2.01. The quantitative estimate of drug-likeness (QED) is 0.299. The average Bonchev–Trinajstić information content (AvgIpc) is 3.66. The smallest absolute Gasteiger partial charge is 0.410 e. The van der Waals surface area contributed by atoms with Gasteiger partial charge in [-0.2, -0.15) is 9.61 Å². The summed E-state index contributed by atoms with van der Waals surface area (Å²) < 4.78 is 8.25. The van der Waals surface area contributed by atoms with Gasteiger partial charge in [0.25, 0.3) is 0 Å².